The van der Waals surface area contributed by atoms with E-state index < -0.39 is 0 Å². The highest BCUT2D eigenvalue weighted by Gasteiger charge is 2.31. The molecule has 24 heavy (non-hydrogen) atoms. The predicted molar refractivity (Wildman–Crippen MR) is 104 cm³/mol. The van der Waals surface area contributed by atoms with Crippen molar-refractivity contribution in [3.8, 4) is 0 Å². The Kier molecular flexibility index (Phi) is 5.37. The summed E-state index contributed by atoms with van der Waals surface area (Å²) in [6.45, 7) is 10.5. The van der Waals surface area contributed by atoms with Gasteiger partial charge in [0.15, 0.2) is 5.16 Å². The molecule has 1 aliphatic rings. The first-order chi connectivity index (χ1) is 11.4. The zero-order valence-corrected chi connectivity index (χ0v) is 16.6. The molecule has 0 saturated carbocycles. The van der Waals surface area contributed by atoms with Gasteiger partial charge in [0.2, 0.25) is 0 Å². The Morgan fingerprint density at radius 1 is 1.33 bits per heavy atom. The number of thioether (sulfide) groups is 1. The summed E-state index contributed by atoms with van der Waals surface area (Å²) in [4.78, 5) is 11.8. The number of ether oxygens (including phenoxy) is 1. The molecule has 2 N–H and O–H groups in total. The van der Waals surface area contributed by atoms with Gasteiger partial charge < -0.3 is 10.5 Å². The topological polar surface area (TPSA) is 61.0 Å². The van der Waals surface area contributed by atoms with Gasteiger partial charge in [-0.2, -0.15) is 0 Å². The summed E-state index contributed by atoms with van der Waals surface area (Å²) < 4.78 is 5.38. The van der Waals surface area contributed by atoms with Gasteiger partial charge in [-0.25, -0.2) is 9.97 Å². The third-order valence-corrected chi connectivity index (χ3v) is 6.76. The van der Waals surface area contributed by atoms with Gasteiger partial charge >= 0.3 is 0 Å². The van der Waals surface area contributed by atoms with Gasteiger partial charge in [-0.05, 0) is 43.1 Å². The smallest absolute Gasteiger partial charge is 0.190 e. The van der Waals surface area contributed by atoms with E-state index in [1.807, 2.05) is 18.3 Å². The van der Waals surface area contributed by atoms with Crippen molar-refractivity contribution >= 4 is 39.1 Å². The molecule has 132 valence electrons. The second kappa shape index (κ2) is 7.18. The number of nitrogen functional groups attached to an aromatic ring is 1. The van der Waals surface area contributed by atoms with Crippen LogP contribution in [-0.2, 0) is 17.6 Å². The molecule has 0 spiro atoms. The number of fused-ring (bicyclic) bond motifs is 3. The maximum atomic E-state index is 6.29. The van der Waals surface area contributed by atoms with Crippen LogP contribution in [0.2, 0.25) is 0 Å². The second-order valence-corrected chi connectivity index (χ2v) is 9.57. The Morgan fingerprint density at radius 3 is 2.83 bits per heavy atom. The summed E-state index contributed by atoms with van der Waals surface area (Å²) in [5.41, 5.74) is 8.04. The lowest BCUT2D eigenvalue weighted by Crippen LogP contribution is -2.26. The van der Waals surface area contributed by atoms with Gasteiger partial charge in [0.1, 0.15) is 10.6 Å². The molecule has 4 nitrogen and oxygen atoms in total. The van der Waals surface area contributed by atoms with Crippen molar-refractivity contribution in [1.82, 2.24) is 9.97 Å². The minimum Gasteiger partial charge on any atom is -0.383 e. The highest BCUT2D eigenvalue weighted by atomic mass is 32.2. The Bertz CT molecular complexity index is 721. The van der Waals surface area contributed by atoms with Crippen LogP contribution >= 0.6 is 23.1 Å². The van der Waals surface area contributed by atoms with E-state index in [2.05, 4.69) is 25.8 Å². The van der Waals surface area contributed by atoms with E-state index in [0.29, 0.717) is 11.2 Å². The lowest BCUT2D eigenvalue weighted by molar-refractivity contribution is 0.164. The summed E-state index contributed by atoms with van der Waals surface area (Å²) in [6, 6.07) is 0. The average molecular weight is 366 g/mol. The van der Waals surface area contributed by atoms with E-state index in [0.717, 1.165) is 53.1 Å². The van der Waals surface area contributed by atoms with E-state index in [4.69, 9.17) is 15.5 Å². The number of thiophene rings is 1. The fraction of sp³-hybridized carbons (Fsp3) is 0.667. The van der Waals surface area contributed by atoms with Gasteiger partial charge in [0.25, 0.3) is 0 Å². The Morgan fingerprint density at radius 2 is 2.12 bits per heavy atom. The van der Waals surface area contributed by atoms with E-state index in [1.54, 1.807) is 11.8 Å². The lowest BCUT2D eigenvalue weighted by Gasteiger charge is -2.33. The monoisotopic (exact) mass is 365 g/mol. The number of hydrogen-bond acceptors (Lipinski definition) is 6. The molecule has 0 amide bonds. The Hall–Kier alpha value is -0.850. The van der Waals surface area contributed by atoms with Crippen LogP contribution in [0.25, 0.3) is 10.2 Å². The molecule has 0 radical (unpaired) electrons. The van der Waals surface area contributed by atoms with Gasteiger partial charge in [0.05, 0.1) is 12.0 Å². The molecular formula is C18H27N3OS2. The average Bonchev–Trinajstić information content (AvgIpc) is 2.88. The molecule has 2 aromatic rings. The van der Waals surface area contributed by atoms with Crippen LogP contribution in [0.5, 0.6) is 0 Å². The molecule has 0 aliphatic heterocycles. The third kappa shape index (κ3) is 3.70. The molecule has 2 aromatic heterocycles. The predicted octanol–water partition coefficient (Wildman–Crippen LogP) is 4.55. The van der Waals surface area contributed by atoms with Crippen molar-refractivity contribution in [1.29, 1.82) is 0 Å². The zero-order valence-electron chi connectivity index (χ0n) is 15.0. The van der Waals surface area contributed by atoms with Crippen LogP contribution in [0.4, 0.5) is 5.82 Å². The van der Waals surface area contributed by atoms with Crippen molar-refractivity contribution in [3.05, 3.63) is 10.4 Å². The summed E-state index contributed by atoms with van der Waals surface area (Å²) in [5.74, 6) is 2.23. The maximum Gasteiger partial charge on any atom is 0.190 e. The molecule has 1 atom stereocenters. The number of rotatable bonds is 5. The lowest BCUT2D eigenvalue weighted by atomic mass is 9.72. The minimum absolute atomic E-state index is 0.353. The number of aryl methyl sites for hydroxylation is 1. The first kappa shape index (κ1) is 18.0. The quantitative estimate of drug-likeness (QED) is 0.478. The normalized spacial score (nSPS) is 18.1. The summed E-state index contributed by atoms with van der Waals surface area (Å²) in [6.07, 6.45) is 3.47. The summed E-state index contributed by atoms with van der Waals surface area (Å²) in [7, 11) is 0. The standard InChI is InChI=1S/C18H27N3OS2/c1-5-22-8-9-23-17-20-15(19)14-12-7-6-11(18(2,3)4)10-13(12)24-16(14)21-17/h11H,5-10H2,1-4H3,(H2,19,20,21). The molecular weight excluding hydrogens is 338 g/mol. The highest BCUT2D eigenvalue weighted by molar-refractivity contribution is 7.99. The Labute approximate surface area is 152 Å². The molecule has 0 aromatic carbocycles. The maximum absolute atomic E-state index is 6.29. The first-order valence-electron chi connectivity index (χ1n) is 8.68. The van der Waals surface area contributed by atoms with Crippen LogP contribution in [0, 0.1) is 11.3 Å². The van der Waals surface area contributed by atoms with Gasteiger partial charge in [-0.1, -0.05) is 32.5 Å². The van der Waals surface area contributed by atoms with Gasteiger partial charge in [-0.3, -0.25) is 0 Å². The van der Waals surface area contributed by atoms with Crippen molar-refractivity contribution < 1.29 is 4.74 Å². The number of nitrogens with zero attached hydrogens (tertiary/aromatic N) is 2. The fourth-order valence-corrected chi connectivity index (χ4v) is 5.39. The number of aromatic nitrogens is 2. The second-order valence-electron chi connectivity index (χ2n) is 7.43. The molecule has 3 rings (SSSR count). The van der Waals surface area contributed by atoms with Crippen LogP contribution in [0.3, 0.4) is 0 Å². The molecule has 0 fully saturated rings. The van der Waals surface area contributed by atoms with Crippen LogP contribution < -0.4 is 5.73 Å². The summed E-state index contributed by atoms with van der Waals surface area (Å²) >= 11 is 3.44. The van der Waals surface area contributed by atoms with E-state index in [9.17, 15) is 0 Å². The first-order valence-corrected chi connectivity index (χ1v) is 10.5. The van der Waals surface area contributed by atoms with Gasteiger partial charge in [-0.15, -0.1) is 11.3 Å². The number of nitrogens with two attached hydrogens (primary N) is 1. The fourth-order valence-electron chi connectivity index (χ4n) is 3.33. The molecule has 2 heterocycles. The van der Waals surface area contributed by atoms with Crippen molar-refractivity contribution in [2.75, 3.05) is 24.7 Å². The van der Waals surface area contributed by atoms with Crippen LogP contribution in [-0.4, -0.2) is 28.9 Å². The van der Waals surface area contributed by atoms with E-state index in [1.165, 1.54) is 16.9 Å². The Balaban J connectivity index is 1.85. The number of hydrogen-bond donors (Lipinski definition) is 1. The molecule has 6 heteroatoms. The van der Waals surface area contributed by atoms with Crippen molar-refractivity contribution in [3.63, 3.8) is 0 Å². The highest BCUT2D eigenvalue weighted by Crippen LogP contribution is 2.44. The molecule has 0 bridgehead atoms. The molecule has 1 unspecified atom stereocenters. The zero-order chi connectivity index (χ0) is 17.3. The minimum atomic E-state index is 0.353. The van der Waals surface area contributed by atoms with Crippen LogP contribution in [0.15, 0.2) is 5.16 Å². The summed E-state index contributed by atoms with van der Waals surface area (Å²) in [5, 5.41) is 1.88. The van der Waals surface area contributed by atoms with Crippen molar-refractivity contribution in [2.45, 2.75) is 52.1 Å². The molecule has 1 aliphatic carbocycles. The third-order valence-electron chi connectivity index (χ3n) is 4.80. The molecule has 0 saturated heterocycles. The largest absolute Gasteiger partial charge is 0.383 e. The number of anilines is 1. The van der Waals surface area contributed by atoms with Crippen LogP contribution in [0.1, 0.15) is 44.6 Å². The van der Waals surface area contributed by atoms with E-state index >= 15 is 0 Å². The SMILES string of the molecule is CCOCCSc1nc(N)c2c3c(sc2n1)CC(C(C)(C)C)CC3. The van der Waals surface area contributed by atoms with E-state index in [-0.39, 0.29) is 0 Å². The van der Waals surface area contributed by atoms with Crippen molar-refractivity contribution in [2.24, 2.45) is 11.3 Å². The van der Waals surface area contributed by atoms with Gasteiger partial charge in [0, 0.05) is 17.2 Å².